The van der Waals surface area contributed by atoms with Crippen molar-refractivity contribution in [3.63, 3.8) is 0 Å². The van der Waals surface area contributed by atoms with Gasteiger partial charge in [0.15, 0.2) is 0 Å². The normalized spacial score (nSPS) is 0.500. The molecule has 0 aliphatic heterocycles. The largest absolute Gasteiger partial charge is 1.00 e. The van der Waals surface area contributed by atoms with Crippen LogP contribution < -0.4 is 29.6 Å². The van der Waals surface area contributed by atoms with E-state index < -0.39 is 0 Å². The SMILES string of the molecule is C#N.[H-].[Na+].[Rh]. The zero-order valence-corrected chi connectivity index (χ0v) is 6.00. The maximum atomic E-state index is 6.50. The first-order valence-electron chi connectivity index (χ1n) is 0.258. The van der Waals surface area contributed by atoms with Crippen molar-refractivity contribution < 1.29 is 50.5 Å². The van der Waals surface area contributed by atoms with Gasteiger partial charge in [0.05, 0.1) is 0 Å². The monoisotopic (exact) mass is 154 g/mol. The van der Waals surface area contributed by atoms with Crippen LogP contribution in [0.4, 0.5) is 0 Å². The van der Waals surface area contributed by atoms with Crippen LogP contribution >= 0.6 is 0 Å². The van der Waals surface area contributed by atoms with Gasteiger partial charge in [-0.15, -0.1) is 0 Å². The van der Waals surface area contributed by atoms with Crippen LogP contribution in [-0.2, 0) is 19.5 Å². The van der Waals surface area contributed by atoms with Gasteiger partial charge in [0.1, 0.15) is 0 Å². The molecular weight excluding hydrogens is 152 g/mol. The topological polar surface area (TPSA) is 23.8 Å². The molecule has 0 amide bonds. The van der Waals surface area contributed by atoms with Crippen LogP contribution in [0.3, 0.4) is 0 Å². The third-order valence-electron chi connectivity index (χ3n) is 0. The van der Waals surface area contributed by atoms with Crippen LogP contribution in [0.1, 0.15) is 1.43 Å². The molecule has 21 valence electrons. The number of nitriles is 1. The van der Waals surface area contributed by atoms with Crippen molar-refractivity contribution in [3.05, 3.63) is 0 Å². The second-order valence-electron chi connectivity index (χ2n) is 0. The third kappa shape index (κ3) is 11.2. The summed E-state index contributed by atoms with van der Waals surface area (Å²) in [5, 5.41) is 6.50. The third-order valence-corrected chi connectivity index (χ3v) is 0. The van der Waals surface area contributed by atoms with E-state index in [-0.39, 0.29) is 50.5 Å². The van der Waals surface area contributed by atoms with Gasteiger partial charge in [0.25, 0.3) is 0 Å². The van der Waals surface area contributed by atoms with Gasteiger partial charge in [-0.25, -0.2) is 5.26 Å². The molecule has 0 aromatic heterocycles. The van der Waals surface area contributed by atoms with E-state index in [1.807, 2.05) is 0 Å². The van der Waals surface area contributed by atoms with Crippen LogP contribution in [0, 0.1) is 11.8 Å². The van der Waals surface area contributed by atoms with Gasteiger partial charge in [-0.2, -0.15) is 0 Å². The standard InChI is InChI=1S/CHN.Na.Rh.H/c1-2;;;/h1H;;;/q;+1;;-1. The van der Waals surface area contributed by atoms with Crippen LogP contribution in [0.15, 0.2) is 0 Å². The average molecular weight is 154 g/mol. The van der Waals surface area contributed by atoms with E-state index in [4.69, 9.17) is 5.26 Å². The Bertz CT molecular complexity index is 16.4. The first kappa shape index (κ1) is 19.4. The minimum absolute atomic E-state index is 0. The predicted molar refractivity (Wildman–Crippen MR) is 7.78 cm³/mol. The fourth-order valence-electron chi connectivity index (χ4n) is 0. The van der Waals surface area contributed by atoms with E-state index in [1.165, 1.54) is 0 Å². The quantitative estimate of drug-likeness (QED) is 0.347. The molecule has 0 aromatic rings. The Labute approximate surface area is 61.9 Å². The van der Waals surface area contributed by atoms with E-state index in [2.05, 4.69) is 6.57 Å². The summed E-state index contributed by atoms with van der Waals surface area (Å²) < 4.78 is 0. The fourth-order valence-corrected chi connectivity index (χ4v) is 0. The molecule has 3 heteroatoms. The molecule has 0 aliphatic carbocycles. The van der Waals surface area contributed by atoms with Gasteiger partial charge in [-0.1, -0.05) is 0 Å². The zero-order valence-electron chi connectivity index (χ0n) is 3.36. The molecule has 4 heavy (non-hydrogen) atoms. The molecule has 0 fully saturated rings. The van der Waals surface area contributed by atoms with Crippen molar-refractivity contribution in [2.75, 3.05) is 0 Å². The Hall–Kier alpha value is 1.11. The van der Waals surface area contributed by atoms with Gasteiger partial charge in [0.2, 0.25) is 0 Å². The van der Waals surface area contributed by atoms with E-state index >= 15 is 0 Å². The summed E-state index contributed by atoms with van der Waals surface area (Å²) in [5.41, 5.74) is 0. The van der Waals surface area contributed by atoms with Crippen molar-refractivity contribution in [1.29, 1.82) is 5.26 Å². The minimum Gasteiger partial charge on any atom is -1.00 e. The molecule has 0 N–H and O–H groups in total. The maximum absolute atomic E-state index is 6.50. The molecule has 0 rings (SSSR count). The Morgan fingerprint density at radius 1 is 1.50 bits per heavy atom. The summed E-state index contributed by atoms with van der Waals surface area (Å²) in [6.07, 6.45) is 0. The zero-order chi connectivity index (χ0) is 2.00. The Morgan fingerprint density at radius 3 is 1.50 bits per heavy atom. The fraction of sp³-hybridized carbons (Fsp3) is 0. The second kappa shape index (κ2) is 32.2. The molecule has 0 aromatic carbocycles. The van der Waals surface area contributed by atoms with Crippen LogP contribution in [-0.4, -0.2) is 0 Å². The van der Waals surface area contributed by atoms with E-state index in [1.54, 1.807) is 0 Å². The van der Waals surface area contributed by atoms with Crippen molar-refractivity contribution in [3.8, 4) is 6.57 Å². The summed E-state index contributed by atoms with van der Waals surface area (Å²) in [5.74, 6) is 0. The Kier molecular flexibility index (Phi) is 156. The number of hydrogen-bond acceptors (Lipinski definition) is 1. The van der Waals surface area contributed by atoms with Gasteiger partial charge in [-0.3, -0.25) is 0 Å². The molecule has 0 heterocycles. The summed E-state index contributed by atoms with van der Waals surface area (Å²) >= 11 is 0. The molecule has 0 bridgehead atoms. The summed E-state index contributed by atoms with van der Waals surface area (Å²) in [6, 6.07) is 0. The summed E-state index contributed by atoms with van der Waals surface area (Å²) in [4.78, 5) is 0. The smallest absolute Gasteiger partial charge is 1.00 e. The number of nitrogens with zero attached hydrogens (tertiary/aromatic N) is 1. The molecule has 0 aliphatic rings. The number of hydrogen-bond donors (Lipinski definition) is 0. The van der Waals surface area contributed by atoms with Crippen molar-refractivity contribution in [2.24, 2.45) is 0 Å². The maximum Gasteiger partial charge on any atom is 1.00 e. The van der Waals surface area contributed by atoms with E-state index in [0.29, 0.717) is 0 Å². The van der Waals surface area contributed by atoms with E-state index in [0.717, 1.165) is 0 Å². The summed E-state index contributed by atoms with van der Waals surface area (Å²) in [6.45, 7) is 3.50. The van der Waals surface area contributed by atoms with Gasteiger partial charge in [0, 0.05) is 26.1 Å². The first-order valence-corrected chi connectivity index (χ1v) is 0.258. The van der Waals surface area contributed by atoms with Gasteiger partial charge < -0.3 is 1.43 Å². The van der Waals surface area contributed by atoms with Gasteiger partial charge in [-0.05, 0) is 0 Å². The number of rotatable bonds is 0. The molecule has 0 atom stereocenters. The molecule has 0 saturated heterocycles. The first-order chi connectivity index (χ1) is 1.00. The van der Waals surface area contributed by atoms with Crippen LogP contribution in [0.2, 0.25) is 0 Å². The molecule has 0 unspecified atom stereocenters. The molecular formula is CH2NNaRh. The van der Waals surface area contributed by atoms with Crippen molar-refractivity contribution in [1.82, 2.24) is 0 Å². The molecule has 1 nitrogen and oxygen atoms in total. The Balaban J connectivity index is -0.00000000167. The molecule has 0 spiro atoms. The average Bonchev–Trinajstić information content (AvgIpc) is 1.00. The molecule has 0 saturated carbocycles. The van der Waals surface area contributed by atoms with Crippen LogP contribution in [0.5, 0.6) is 0 Å². The summed E-state index contributed by atoms with van der Waals surface area (Å²) in [7, 11) is 0. The Morgan fingerprint density at radius 2 is 1.50 bits per heavy atom. The van der Waals surface area contributed by atoms with Crippen LogP contribution in [0.25, 0.3) is 0 Å². The van der Waals surface area contributed by atoms with E-state index in [9.17, 15) is 0 Å². The molecule has 1 radical (unpaired) electrons. The van der Waals surface area contributed by atoms with Gasteiger partial charge >= 0.3 is 29.6 Å². The van der Waals surface area contributed by atoms with Crippen molar-refractivity contribution in [2.45, 2.75) is 0 Å². The predicted octanol–water partition coefficient (Wildman–Crippen LogP) is -2.75. The minimum atomic E-state index is 0. The second-order valence-corrected chi connectivity index (χ2v) is 0. The van der Waals surface area contributed by atoms with Crippen molar-refractivity contribution >= 4 is 0 Å².